The predicted molar refractivity (Wildman–Crippen MR) is 122 cm³/mol. The number of rotatable bonds is 6. The van der Waals surface area contributed by atoms with Crippen molar-refractivity contribution >= 4 is 39.1 Å². The first-order valence-electron chi connectivity index (χ1n) is 9.89. The van der Waals surface area contributed by atoms with Crippen LogP contribution >= 0.6 is 11.6 Å². The number of halogens is 1. The molecular weight excluding hydrogens is 438 g/mol. The van der Waals surface area contributed by atoms with E-state index in [1.54, 1.807) is 6.92 Å². The molecule has 0 bridgehead atoms. The van der Waals surface area contributed by atoms with E-state index in [0.29, 0.717) is 6.54 Å². The second-order valence-corrected chi connectivity index (χ2v) is 10.3. The van der Waals surface area contributed by atoms with Gasteiger partial charge in [0.2, 0.25) is 15.9 Å². The van der Waals surface area contributed by atoms with Crippen molar-refractivity contribution in [2.24, 2.45) is 5.92 Å². The van der Waals surface area contributed by atoms with Gasteiger partial charge < -0.3 is 10.2 Å². The summed E-state index contributed by atoms with van der Waals surface area (Å²) in [6.45, 7) is 3.95. The molecule has 0 saturated carbocycles. The Kier molecular flexibility index (Phi) is 6.73. The maximum Gasteiger partial charge on any atom is 0.252 e. The fourth-order valence-electron chi connectivity index (χ4n) is 3.57. The van der Waals surface area contributed by atoms with E-state index in [1.807, 2.05) is 50.2 Å². The van der Waals surface area contributed by atoms with Gasteiger partial charge in [0.15, 0.2) is 0 Å². The Morgan fingerprint density at radius 3 is 2.39 bits per heavy atom. The molecule has 1 aliphatic heterocycles. The van der Waals surface area contributed by atoms with E-state index in [1.165, 1.54) is 18.2 Å². The summed E-state index contributed by atoms with van der Waals surface area (Å²) in [6.07, 6.45) is 0. The van der Waals surface area contributed by atoms with Crippen molar-refractivity contribution in [3.8, 4) is 0 Å². The molecule has 0 radical (unpaired) electrons. The molecule has 1 aliphatic rings. The van der Waals surface area contributed by atoms with E-state index < -0.39 is 21.8 Å². The van der Waals surface area contributed by atoms with Gasteiger partial charge in [-0.05, 0) is 44.8 Å². The number of carbonyl (C=O) groups is 2. The van der Waals surface area contributed by atoms with Crippen molar-refractivity contribution in [2.45, 2.75) is 19.9 Å². The normalized spacial score (nSPS) is 19.0. The maximum absolute atomic E-state index is 12.7. The summed E-state index contributed by atoms with van der Waals surface area (Å²) in [5.41, 5.74) is 2.58. The van der Waals surface area contributed by atoms with Gasteiger partial charge in [-0.1, -0.05) is 48.4 Å². The van der Waals surface area contributed by atoms with Crippen LogP contribution in [0.4, 0.5) is 5.69 Å². The van der Waals surface area contributed by atoms with Crippen molar-refractivity contribution in [3.63, 3.8) is 0 Å². The van der Waals surface area contributed by atoms with Crippen LogP contribution in [-0.4, -0.2) is 51.5 Å². The van der Waals surface area contributed by atoms with Crippen LogP contribution in [0.2, 0.25) is 5.02 Å². The molecule has 9 heteroatoms. The zero-order valence-corrected chi connectivity index (χ0v) is 19.5. The molecule has 1 N–H and O–H groups in total. The van der Waals surface area contributed by atoms with Crippen molar-refractivity contribution in [3.05, 3.63) is 64.2 Å². The van der Waals surface area contributed by atoms with Crippen molar-refractivity contribution in [2.75, 3.05) is 30.7 Å². The van der Waals surface area contributed by atoms with Crippen molar-refractivity contribution in [1.29, 1.82) is 0 Å². The van der Waals surface area contributed by atoms with E-state index in [0.717, 1.165) is 15.4 Å². The molecule has 2 amide bonds. The highest BCUT2D eigenvalue weighted by Crippen LogP contribution is 2.31. The number of nitrogens with zero attached hydrogens (tertiary/aromatic N) is 2. The van der Waals surface area contributed by atoms with Gasteiger partial charge in [0.05, 0.1) is 34.0 Å². The first-order valence-corrected chi connectivity index (χ1v) is 11.9. The first-order chi connectivity index (χ1) is 14.5. The van der Waals surface area contributed by atoms with E-state index in [9.17, 15) is 18.0 Å². The molecule has 1 saturated heterocycles. The zero-order chi connectivity index (χ0) is 22.9. The summed E-state index contributed by atoms with van der Waals surface area (Å²) in [5, 5.41) is 2.97. The van der Waals surface area contributed by atoms with Crippen molar-refractivity contribution in [1.82, 2.24) is 10.2 Å². The fourth-order valence-corrected chi connectivity index (χ4v) is 5.65. The van der Waals surface area contributed by atoms with Gasteiger partial charge in [-0.15, -0.1) is 0 Å². The van der Waals surface area contributed by atoms with Crippen LogP contribution in [0.15, 0.2) is 42.5 Å². The first kappa shape index (κ1) is 23.2. The van der Waals surface area contributed by atoms with Crippen LogP contribution in [0.5, 0.6) is 0 Å². The summed E-state index contributed by atoms with van der Waals surface area (Å²) >= 11 is 6.29. The van der Waals surface area contributed by atoms with Gasteiger partial charge >= 0.3 is 0 Å². The summed E-state index contributed by atoms with van der Waals surface area (Å²) < 4.78 is 25.3. The number of aryl methyl sites for hydroxylation is 1. The molecule has 0 aliphatic carbocycles. The summed E-state index contributed by atoms with van der Waals surface area (Å²) in [7, 11) is 0.141. The lowest BCUT2D eigenvalue weighted by atomic mass is 10.0. The zero-order valence-electron chi connectivity index (χ0n) is 17.9. The minimum absolute atomic E-state index is 0.0311. The topological polar surface area (TPSA) is 86.8 Å². The number of benzene rings is 2. The standard InChI is InChI=1S/C22H26ClN3O4S/c1-14-5-7-16(8-6-14)20(25(3)4)12-24-21(27)18-10-9-17(11-19(18)23)26-22(28)15(2)13-31(26,29)30/h5-11,15,20H,12-13H2,1-4H3,(H,24,27). The molecule has 7 nitrogen and oxygen atoms in total. The largest absolute Gasteiger partial charge is 0.350 e. The Morgan fingerprint density at radius 1 is 1.23 bits per heavy atom. The Labute approximate surface area is 188 Å². The average Bonchev–Trinajstić information content (AvgIpc) is 2.89. The maximum atomic E-state index is 12.7. The number of nitrogens with one attached hydrogen (secondary N) is 1. The monoisotopic (exact) mass is 463 g/mol. The summed E-state index contributed by atoms with van der Waals surface area (Å²) in [6, 6.07) is 12.3. The smallest absolute Gasteiger partial charge is 0.252 e. The molecule has 3 rings (SSSR count). The SMILES string of the molecule is Cc1ccc(C(CNC(=O)c2ccc(N3C(=O)C(C)CS3(=O)=O)cc2Cl)N(C)C)cc1. The van der Waals surface area contributed by atoms with E-state index in [-0.39, 0.29) is 34.0 Å². The number of sulfonamides is 1. The number of likely N-dealkylation sites (N-methyl/N-ethyl adjacent to an activating group) is 1. The molecule has 1 heterocycles. The number of hydrogen-bond donors (Lipinski definition) is 1. The average molecular weight is 464 g/mol. The Hall–Kier alpha value is -2.42. The third-order valence-electron chi connectivity index (χ3n) is 5.33. The molecule has 31 heavy (non-hydrogen) atoms. The number of anilines is 1. The third kappa shape index (κ3) is 4.92. The van der Waals surface area contributed by atoms with Gasteiger partial charge in [-0.3, -0.25) is 9.59 Å². The second-order valence-electron chi connectivity index (χ2n) is 8.05. The highest BCUT2D eigenvalue weighted by atomic mass is 35.5. The molecule has 0 aromatic heterocycles. The van der Waals surface area contributed by atoms with Gasteiger partial charge in [-0.2, -0.15) is 0 Å². The molecule has 2 aromatic carbocycles. The lowest BCUT2D eigenvalue weighted by Crippen LogP contribution is -2.34. The molecule has 1 fully saturated rings. The van der Waals surface area contributed by atoms with Crippen LogP contribution in [0.25, 0.3) is 0 Å². The lowest BCUT2D eigenvalue weighted by molar-refractivity contribution is -0.119. The number of hydrogen-bond acceptors (Lipinski definition) is 5. The van der Waals surface area contributed by atoms with Crippen LogP contribution in [-0.2, 0) is 14.8 Å². The molecular formula is C22H26ClN3O4S. The van der Waals surface area contributed by atoms with Crippen molar-refractivity contribution < 1.29 is 18.0 Å². The molecule has 166 valence electrons. The minimum atomic E-state index is -3.73. The molecule has 0 spiro atoms. The van der Waals surface area contributed by atoms with Gasteiger partial charge in [0.1, 0.15) is 0 Å². The molecule has 2 unspecified atom stereocenters. The highest BCUT2D eigenvalue weighted by Gasteiger charge is 2.42. The highest BCUT2D eigenvalue weighted by molar-refractivity contribution is 7.94. The van der Waals surface area contributed by atoms with E-state index >= 15 is 0 Å². The van der Waals surface area contributed by atoms with Crippen LogP contribution < -0.4 is 9.62 Å². The minimum Gasteiger partial charge on any atom is -0.350 e. The lowest BCUT2D eigenvalue weighted by Gasteiger charge is -2.25. The van der Waals surface area contributed by atoms with Crippen LogP contribution in [0.1, 0.15) is 34.5 Å². The second kappa shape index (κ2) is 8.98. The Balaban J connectivity index is 1.76. The number of amides is 2. The van der Waals surface area contributed by atoms with Gasteiger partial charge in [0.25, 0.3) is 5.91 Å². The Bertz CT molecular complexity index is 1100. The van der Waals surface area contributed by atoms with Gasteiger partial charge in [0, 0.05) is 6.54 Å². The quantitative estimate of drug-likeness (QED) is 0.711. The van der Waals surface area contributed by atoms with Gasteiger partial charge in [-0.25, -0.2) is 12.7 Å². The fraction of sp³-hybridized carbons (Fsp3) is 0.364. The third-order valence-corrected chi connectivity index (χ3v) is 7.51. The molecule has 2 atom stereocenters. The van der Waals surface area contributed by atoms with Crippen LogP contribution in [0, 0.1) is 12.8 Å². The predicted octanol–water partition coefficient (Wildman–Crippen LogP) is 2.99. The van der Waals surface area contributed by atoms with Crippen LogP contribution in [0.3, 0.4) is 0 Å². The number of carbonyl (C=O) groups excluding carboxylic acids is 2. The summed E-state index contributed by atoms with van der Waals surface area (Å²) in [4.78, 5) is 27.0. The van der Waals surface area contributed by atoms with E-state index in [2.05, 4.69) is 5.32 Å². The summed E-state index contributed by atoms with van der Waals surface area (Å²) in [5.74, 6) is -1.73. The molecule has 2 aromatic rings. The Morgan fingerprint density at radius 2 is 1.87 bits per heavy atom. The van der Waals surface area contributed by atoms with E-state index in [4.69, 9.17) is 11.6 Å².